The van der Waals surface area contributed by atoms with E-state index in [9.17, 15) is 14.3 Å². The summed E-state index contributed by atoms with van der Waals surface area (Å²) in [5, 5.41) is 0. The second-order valence-electron chi connectivity index (χ2n) is 11.1. The molecule has 2 atom stereocenters. The highest BCUT2D eigenvalue weighted by molar-refractivity contribution is 7.44. The van der Waals surface area contributed by atoms with Gasteiger partial charge in [-0.15, -0.1) is 0 Å². The van der Waals surface area contributed by atoms with Gasteiger partial charge in [0.25, 0.3) is 7.82 Å². The minimum atomic E-state index is -4.85. The monoisotopic (exact) mass is 577 g/mol. The highest BCUT2D eigenvalue weighted by Gasteiger charge is 2.16. The van der Waals surface area contributed by atoms with Gasteiger partial charge in [-0.25, -0.2) is 0 Å². The quantitative estimate of drug-likeness (QED) is 0.0498. The Labute approximate surface area is 240 Å². The number of hydrogen-bond donors (Lipinski definition) is 1. The first-order valence-electron chi connectivity index (χ1n) is 16.3. The summed E-state index contributed by atoms with van der Waals surface area (Å²) in [7, 11) is -4.85. The van der Waals surface area contributed by atoms with Crippen molar-refractivity contribution in [3.8, 4) is 0 Å². The Hall–Kier alpha value is -0.460. The van der Waals surface area contributed by atoms with Crippen LogP contribution in [0, 0.1) is 0 Å². The molecule has 0 aromatic carbocycles. The maximum atomic E-state index is 12.1. The summed E-state index contributed by atoms with van der Waals surface area (Å²) in [6.07, 6.45) is 27.9. The number of rotatable bonds is 31. The predicted octanol–water partition coefficient (Wildman–Crippen LogP) is 8.79. The molecule has 1 N–H and O–H groups in total. The molecule has 0 radical (unpaired) electrons. The molecule has 0 aromatic rings. The van der Waals surface area contributed by atoms with Crippen LogP contribution in [0.15, 0.2) is 0 Å². The van der Waals surface area contributed by atoms with E-state index >= 15 is 0 Å². The van der Waals surface area contributed by atoms with Gasteiger partial charge in [-0.3, -0.25) is 9.36 Å². The van der Waals surface area contributed by atoms with E-state index in [0.29, 0.717) is 13.0 Å². The summed E-state index contributed by atoms with van der Waals surface area (Å²) >= 11 is 0. The first-order valence-corrected chi connectivity index (χ1v) is 17.8. The molecule has 7 nitrogen and oxygen atoms in total. The molecule has 0 saturated carbocycles. The van der Waals surface area contributed by atoms with Crippen molar-refractivity contribution >= 4 is 13.8 Å². The van der Waals surface area contributed by atoms with E-state index in [1.165, 1.54) is 109 Å². The lowest BCUT2D eigenvalue weighted by Gasteiger charge is -2.22. The summed E-state index contributed by atoms with van der Waals surface area (Å²) in [4.78, 5) is 32.0. The fraction of sp³-hybridized carbons (Fsp3) is 0.968. The molecule has 0 saturated heterocycles. The lowest BCUT2D eigenvalue weighted by molar-refractivity contribution is -0.222. The number of esters is 1. The summed E-state index contributed by atoms with van der Waals surface area (Å²) in [5.74, 6) is -0.306. The summed E-state index contributed by atoms with van der Waals surface area (Å²) in [5.41, 5.74) is 0. The number of unbranched alkanes of at least 4 members (excludes halogenated alkanes) is 21. The zero-order valence-corrected chi connectivity index (χ0v) is 26.4. The molecule has 234 valence electrons. The van der Waals surface area contributed by atoms with Crippen LogP contribution in [0.3, 0.4) is 0 Å². The van der Waals surface area contributed by atoms with Gasteiger partial charge in [0.05, 0.1) is 6.61 Å². The summed E-state index contributed by atoms with van der Waals surface area (Å²) in [6, 6.07) is 0. The molecule has 0 spiro atoms. The Morgan fingerprint density at radius 3 is 1.44 bits per heavy atom. The average Bonchev–Trinajstić information content (AvgIpc) is 2.90. The van der Waals surface area contributed by atoms with Gasteiger partial charge < -0.3 is 23.8 Å². The number of phosphoric ester groups is 1. The van der Waals surface area contributed by atoms with Gasteiger partial charge in [0.15, 0.2) is 0 Å². The lowest BCUT2D eigenvalue weighted by Crippen LogP contribution is -2.28. The largest absolute Gasteiger partial charge is 0.756 e. The normalized spacial score (nSPS) is 13.8. The first-order chi connectivity index (χ1) is 18.9. The maximum Gasteiger partial charge on any atom is 0.305 e. The van der Waals surface area contributed by atoms with E-state index in [2.05, 4.69) is 18.4 Å². The Kier molecular flexibility index (Phi) is 28.7. The summed E-state index contributed by atoms with van der Waals surface area (Å²) in [6.45, 7) is 4.49. The van der Waals surface area contributed by atoms with Crippen molar-refractivity contribution in [2.45, 2.75) is 174 Å². The van der Waals surface area contributed by atoms with Crippen LogP contribution in [0.5, 0.6) is 0 Å². The maximum absolute atomic E-state index is 12.1. The van der Waals surface area contributed by atoms with Gasteiger partial charge in [-0.1, -0.05) is 149 Å². The standard InChI is InChI=1S/C31H63O7P/c1-3-5-7-9-11-13-15-17-19-21-23-25-27-36-30(29-38-39(33,34)35)28-37-31(32)26-24-22-20-18-16-14-12-10-8-6-4-2/h30H,3-29H2,1-2H3,(H2,33,34,35)/p-1/t30-/m1/s1. The van der Waals surface area contributed by atoms with Gasteiger partial charge >= 0.3 is 5.97 Å². The lowest BCUT2D eigenvalue weighted by atomic mass is 10.1. The van der Waals surface area contributed by atoms with Gasteiger partial charge in [0, 0.05) is 13.0 Å². The van der Waals surface area contributed by atoms with Crippen molar-refractivity contribution in [3.05, 3.63) is 0 Å². The zero-order valence-electron chi connectivity index (χ0n) is 25.5. The van der Waals surface area contributed by atoms with Crippen molar-refractivity contribution < 1.29 is 33.1 Å². The van der Waals surface area contributed by atoms with Crippen LogP contribution in [0.4, 0.5) is 0 Å². The minimum absolute atomic E-state index is 0.0743. The van der Waals surface area contributed by atoms with E-state index < -0.39 is 13.9 Å². The smallest absolute Gasteiger partial charge is 0.305 e. The molecule has 0 aromatic heterocycles. The topological polar surface area (TPSA) is 105 Å². The third-order valence-corrected chi connectivity index (χ3v) is 7.67. The van der Waals surface area contributed by atoms with E-state index in [1.807, 2.05) is 0 Å². The number of hydrogen-bond acceptors (Lipinski definition) is 6. The molecule has 8 heteroatoms. The Balaban J connectivity index is 3.85. The highest BCUT2D eigenvalue weighted by atomic mass is 31.2. The molecule has 0 bridgehead atoms. The van der Waals surface area contributed by atoms with Crippen LogP contribution in [0.2, 0.25) is 0 Å². The number of ether oxygens (including phenoxy) is 2. The minimum Gasteiger partial charge on any atom is -0.756 e. The van der Waals surface area contributed by atoms with E-state index in [0.717, 1.165) is 38.5 Å². The molecule has 0 aliphatic carbocycles. The highest BCUT2D eigenvalue weighted by Crippen LogP contribution is 2.30. The molecular formula is C31H62O7P-. The molecule has 39 heavy (non-hydrogen) atoms. The van der Waals surface area contributed by atoms with E-state index in [1.54, 1.807) is 0 Å². The van der Waals surface area contributed by atoms with Crippen LogP contribution >= 0.6 is 7.82 Å². The van der Waals surface area contributed by atoms with Crippen molar-refractivity contribution in [2.75, 3.05) is 19.8 Å². The third-order valence-electron chi connectivity index (χ3n) is 7.19. The van der Waals surface area contributed by atoms with Crippen molar-refractivity contribution in [1.82, 2.24) is 0 Å². The fourth-order valence-electron chi connectivity index (χ4n) is 4.71. The molecule has 0 rings (SSSR count). The first kappa shape index (κ1) is 38.5. The molecule has 0 heterocycles. The zero-order chi connectivity index (χ0) is 28.9. The molecule has 1 unspecified atom stereocenters. The van der Waals surface area contributed by atoms with Crippen molar-refractivity contribution in [1.29, 1.82) is 0 Å². The molecule has 0 aliphatic heterocycles. The van der Waals surface area contributed by atoms with Crippen LogP contribution in [0.25, 0.3) is 0 Å². The third kappa shape index (κ3) is 31.9. The number of phosphoric acid groups is 1. The predicted molar refractivity (Wildman–Crippen MR) is 159 cm³/mol. The fourth-order valence-corrected chi connectivity index (χ4v) is 5.06. The summed E-state index contributed by atoms with van der Waals surface area (Å²) < 4.78 is 26.5. The Bertz CT molecular complexity index is 567. The van der Waals surface area contributed by atoms with Crippen molar-refractivity contribution in [3.63, 3.8) is 0 Å². The van der Waals surface area contributed by atoms with Gasteiger partial charge in [0.1, 0.15) is 12.7 Å². The van der Waals surface area contributed by atoms with Crippen LogP contribution < -0.4 is 4.89 Å². The van der Waals surface area contributed by atoms with Gasteiger partial charge in [-0.05, 0) is 12.8 Å². The second-order valence-corrected chi connectivity index (χ2v) is 12.3. The van der Waals surface area contributed by atoms with E-state index in [-0.39, 0.29) is 19.2 Å². The molecule has 0 amide bonds. The van der Waals surface area contributed by atoms with Crippen LogP contribution in [0.1, 0.15) is 168 Å². The molecule has 0 fully saturated rings. The van der Waals surface area contributed by atoms with Crippen molar-refractivity contribution in [2.24, 2.45) is 0 Å². The molecular weight excluding hydrogens is 515 g/mol. The Morgan fingerprint density at radius 1 is 0.641 bits per heavy atom. The Morgan fingerprint density at radius 2 is 1.03 bits per heavy atom. The molecule has 0 aliphatic rings. The van der Waals surface area contributed by atoms with Crippen LogP contribution in [-0.4, -0.2) is 36.8 Å². The van der Waals surface area contributed by atoms with Gasteiger partial charge in [-0.2, -0.15) is 0 Å². The van der Waals surface area contributed by atoms with Crippen LogP contribution in [-0.2, 0) is 23.4 Å². The average molecular weight is 578 g/mol. The SMILES string of the molecule is CCCCCCCCCCCCCCO[C@H](COC(=O)CCCCCCCCCCCCC)COP(=O)([O-])O. The van der Waals surface area contributed by atoms with Gasteiger partial charge in [0.2, 0.25) is 0 Å². The van der Waals surface area contributed by atoms with E-state index in [4.69, 9.17) is 14.4 Å². The number of carbonyl (C=O) groups excluding carboxylic acids is 1. The second kappa shape index (κ2) is 29.0. The number of carbonyl (C=O) groups is 1.